The number of nitrogens with one attached hydrogen (secondary N) is 1. The Morgan fingerprint density at radius 1 is 1.09 bits per heavy atom. The molecular weight excluding hydrogens is 442 g/mol. The highest BCUT2D eigenvalue weighted by atomic mass is 19.1. The molecule has 1 aliphatic rings. The average molecular weight is 477 g/mol. The van der Waals surface area contributed by atoms with E-state index >= 15 is 4.39 Å². The van der Waals surface area contributed by atoms with Crippen molar-refractivity contribution in [2.45, 2.75) is 64.7 Å². The molecule has 1 fully saturated rings. The number of halogens is 2. The summed E-state index contributed by atoms with van der Waals surface area (Å²) in [5.41, 5.74) is 3.75. The lowest BCUT2D eigenvalue weighted by Gasteiger charge is -2.27. The van der Waals surface area contributed by atoms with Crippen LogP contribution < -0.4 is 10.2 Å². The third-order valence-corrected chi connectivity index (χ3v) is 6.71. The van der Waals surface area contributed by atoms with E-state index < -0.39 is 11.5 Å². The van der Waals surface area contributed by atoms with Crippen molar-refractivity contribution >= 4 is 11.6 Å². The molecule has 1 unspecified atom stereocenters. The van der Waals surface area contributed by atoms with Gasteiger partial charge in [0.2, 0.25) is 5.82 Å². The smallest absolute Gasteiger partial charge is 0.207 e. The molecule has 2 heterocycles. The molecule has 4 rings (SSSR count). The normalized spacial score (nSPS) is 15.9. The molecular formula is C29H34F2N4. The summed E-state index contributed by atoms with van der Waals surface area (Å²) < 4.78 is 29.8. The number of hydrogen-bond donors (Lipinski definition) is 1. The molecule has 35 heavy (non-hydrogen) atoms. The fourth-order valence-electron chi connectivity index (χ4n) is 4.53. The topological polar surface area (TPSA) is 41.1 Å². The largest absolute Gasteiger partial charge is 0.363 e. The van der Waals surface area contributed by atoms with Crippen LogP contribution in [0.1, 0.15) is 68.3 Å². The first kappa shape index (κ1) is 24.8. The SMILES string of the molecule is C=C(CC)Cc1ccc(CNc2ncnc(N3CCCC3c3ccc(C(C)(C)F)cc3)c2F)cc1. The molecule has 1 aliphatic heterocycles. The van der Waals surface area contributed by atoms with Crippen molar-refractivity contribution in [1.82, 2.24) is 9.97 Å². The Kier molecular flexibility index (Phi) is 7.48. The zero-order chi connectivity index (χ0) is 25.0. The fourth-order valence-corrected chi connectivity index (χ4v) is 4.53. The molecule has 0 spiro atoms. The van der Waals surface area contributed by atoms with Crippen molar-refractivity contribution in [3.8, 4) is 0 Å². The molecule has 2 aromatic carbocycles. The Hall–Kier alpha value is -3.28. The van der Waals surface area contributed by atoms with Crippen molar-refractivity contribution in [1.29, 1.82) is 0 Å². The van der Waals surface area contributed by atoms with E-state index in [1.54, 1.807) is 13.8 Å². The lowest BCUT2D eigenvalue weighted by Crippen LogP contribution is -2.25. The zero-order valence-corrected chi connectivity index (χ0v) is 20.8. The van der Waals surface area contributed by atoms with Crippen LogP contribution in [0.15, 0.2) is 67.0 Å². The number of anilines is 2. The molecule has 184 valence electrons. The van der Waals surface area contributed by atoms with E-state index in [0.717, 1.165) is 36.8 Å². The van der Waals surface area contributed by atoms with Crippen molar-refractivity contribution < 1.29 is 8.78 Å². The molecule has 0 saturated carbocycles. The maximum Gasteiger partial charge on any atom is 0.207 e. The van der Waals surface area contributed by atoms with Gasteiger partial charge in [0.25, 0.3) is 0 Å². The minimum Gasteiger partial charge on any atom is -0.363 e. The molecule has 6 heteroatoms. The second kappa shape index (κ2) is 10.5. The van der Waals surface area contributed by atoms with Crippen LogP contribution >= 0.6 is 0 Å². The Labute approximate surface area is 207 Å². The summed E-state index contributed by atoms with van der Waals surface area (Å²) in [6, 6.07) is 15.8. The maximum atomic E-state index is 15.5. The van der Waals surface area contributed by atoms with E-state index in [9.17, 15) is 4.39 Å². The highest BCUT2D eigenvalue weighted by molar-refractivity contribution is 5.53. The van der Waals surface area contributed by atoms with E-state index in [-0.39, 0.29) is 11.9 Å². The highest BCUT2D eigenvalue weighted by Crippen LogP contribution is 2.38. The molecule has 1 aromatic heterocycles. The van der Waals surface area contributed by atoms with Crippen LogP contribution in [0, 0.1) is 5.82 Å². The fraction of sp³-hybridized carbons (Fsp3) is 0.379. The van der Waals surface area contributed by atoms with E-state index in [1.165, 1.54) is 17.5 Å². The summed E-state index contributed by atoms with van der Waals surface area (Å²) in [5.74, 6) is 0.0451. The molecule has 1 atom stereocenters. The van der Waals surface area contributed by atoms with Crippen LogP contribution in [-0.4, -0.2) is 16.5 Å². The van der Waals surface area contributed by atoms with Crippen molar-refractivity contribution in [2.75, 3.05) is 16.8 Å². The molecule has 0 aliphatic carbocycles. The van der Waals surface area contributed by atoms with E-state index in [1.807, 2.05) is 41.3 Å². The van der Waals surface area contributed by atoms with Gasteiger partial charge in [-0.15, -0.1) is 0 Å². The van der Waals surface area contributed by atoms with Gasteiger partial charge < -0.3 is 10.2 Å². The second-order valence-electron chi connectivity index (χ2n) is 9.76. The summed E-state index contributed by atoms with van der Waals surface area (Å²) in [5, 5.41) is 3.13. The van der Waals surface area contributed by atoms with Crippen LogP contribution in [-0.2, 0) is 18.6 Å². The first-order chi connectivity index (χ1) is 16.8. The van der Waals surface area contributed by atoms with Gasteiger partial charge in [-0.3, -0.25) is 0 Å². The Morgan fingerprint density at radius 3 is 2.43 bits per heavy atom. The van der Waals surface area contributed by atoms with E-state index in [0.29, 0.717) is 24.5 Å². The average Bonchev–Trinajstić information content (AvgIpc) is 3.33. The lowest BCUT2D eigenvalue weighted by atomic mass is 9.96. The third kappa shape index (κ3) is 5.87. The monoisotopic (exact) mass is 476 g/mol. The van der Waals surface area contributed by atoms with E-state index in [4.69, 9.17) is 0 Å². The zero-order valence-electron chi connectivity index (χ0n) is 20.8. The van der Waals surface area contributed by atoms with Crippen molar-refractivity contribution in [2.24, 2.45) is 0 Å². The molecule has 4 nitrogen and oxygen atoms in total. The van der Waals surface area contributed by atoms with Crippen molar-refractivity contribution in [3.63, 3.8) is 0 Å². The Balaban J connectivity index is 1.47. The minimum atomic E-state index is -1.39. The summed E-state index contributed by atoms with van der Waals surface area (Å²) in [7, 11) is 0. The lowest BCUT2D eigenvalue weighted by molar-refractivity contribution is 0.221. The van der Waals surface area contributed by atoms with Gasteiger partial charge in [-0.2, -0.15) is 4.39 Å². The van der Waals surface area contributed by atoms with Crippen LogP contribution in [0.25, 0.3) is 0 Å². The summed E-state index contributed by atoms with van der Waals surface area (Å²) in [6.45, 7) is 10.4. The predicted octanol–water partition coefficient (Wildman–Crippen LogP) is 7.28. The number of rotatable bonds is 9. The molecule has 0 bridgehead atoms. The Morgan fingerprint density at radius 2 is 1.77 bits per heavy atom. The first-order valence-corrected chi connectivity index (χ1v) is 12.3. The maximum absolute atomic E-state index is 15.5. The van der Waals surface area contributed by atoms with Gasteiger partial charge in [-0.25, -0.2) is 14.4 Å². The van der Waals surface area contributed by atoms with E-state index in [2.05, 4.69) is 40.9 Å². The Bertz CT molecular complexity index is 1150. The number of aromatic nitrogens is 2. The summed E-state index contributed by atoms with van der Waals surface area (Å²) in [4.78, 5) is 10.4. The van der Waals surface area contributed by atoms with Crippen LogP contribution in [0.5, 0.6) is 0 Å². The van der Waals surface area contributed by atoms with Gasteiger partial charge in [0.1, 0.15) is 12.0 Å². The molecule has 1 N–H and O–H groups in total. The van der Waals surface area contributed by atoms with Gasteiger partial charge in [-0.1, -0.05) is 67.6 Å². The van der Waals surface area contributed by atoms with Crippen LogP contribution in [0.4, 0.5) is 20.4 Å². The number of benzene rings is 2. The quantitative estimate of drug-likeness (QED) is 0.329. The third-order valence-electron chi connectivity index (χ3n) is 6.71. The molecule has 3 aromatic rings. The standard InChI is InChI=1S/C29H34F2N4/c1-5-20(2)17-21-8-10-22(11-9-21)18-32-27-26(30)28(34-19-33-27)35-16-6-7-25(35)23-12-14-24(15-13-23)29(3,4)31/h8-15,19,25H,2,5-7,16-18H2,1,3-4H3,(H,32,33,34). The van der Waals surface area contributed by atoms with Crippen LogP contribution in [0.3, 0.4) is 0 Å². The van der Waals surface area contributed by atoms with Crippen molar-refractivity contribution in [3.05, 3.63) is 95.1 Å². The van der Waals surface area contributed by atoms with Gasteiger partial charge in [0.15, 0.2) is 11.6 Å². The second-order valence-corrected chi connectivity index (χ2v) is 9.76. The van der Waals surface area contributed by atoms with Crippen LogP contribution in [0.2, 0.25) is 0 Å². The number of alkyl halides is 1. The number of allylic oxidation sites excluding steroid dienone is 1. The number of nitrogens with zero attached hydrogens (tertiary/aromatic N) is 3. The van der Waals surface area contributed by atoms with Gasteiger partial charge >= 0.3 is 0 Å². The minimum absolute atomic E-state index is 0.00515. The molecule has 0 amide bonds. The first-order valence-electron chi connectivity index (χ1n) is 12.3. The van der Waals surface area contributed by atoms with Gasteiger partial charge in [0.05, 0.1) is 6.04 Å². The predicted molar refractivity (Wildman–Crippen MR) is 139 cm³/mol. The highest BCUT2D eigenvalue weighted by Gasteiger charge is 2.30. The summed E-state index contributed by atoms with van der Waals surface area (Å²) >= 11 is 0. The molecule has 0 radical (unpaired) electrons. The van der Waals surface area contributed by atoms with Gasteiger partial charge in [0, 0.05) is 13.1 Å². The van der Waals surface area contributed by atoms with Gasteiger partial charge in [-0.05, 0) is 61.8 Å². The molecule has 1 saturated heterocycles. The number of hydrogen-bond acceptors (Lipinski definition) is 4. The summed E-state index contributed by atoms with van der Waals surface area (Å²) in [6.07, 6.45) is 5.08.